The van der Waals surface area contributed by atoms with Crippen LogP contribution in [0.15, 0.2) is 65.3 Å². The van der Waals surface area contributed by atoms with Gasteiger partial charge in [-0.2, -0.15) is 0 Å². The van der Waals surface area contributed by atoms with Crippen molar-refractivity contribution in [2.75, 3.05) is 0 Å². The van der Waals surface area contributed by atoms with E-state index in [9.17, 15) is 29.0 Å². The van der Waals surface area contributed by atoms with Crippen LogP contribution >= 0.6 is 7.82 Å². The first-order valence-corrected chi connectivity index (χ1v) is 13.1. The third-order valence-corrected chi connectivity index (χ3v) is 6.55. The van der Waals surface area contributed by atoms with E-state index in [1.807, 2.05) is 27.7 Å². The van der Waals surface area contributed by atoms with Crippen LogP contribution in [0.3, 0.4) is 0 Å². The van der Waals surface area contributed by atoms with Gasteiger partial charge in [0.05, 0.1) is 5.56 Å². The minimum Gasteiger partial charge on any atom is -0.780 e. The number of carboxylic acids is 1. The zero-order chi connectivity index (χ0) is 26.9. The van der Waals surface area contributed by atoms with Gasteiger partial charge >= 0.3 is 65.1 Å². The van der Waals surface area contributed by atoms with Crippen LogP contribution in [0.5, 0.6) is 5.75 Å². The SMILES string of the molecule is CC1=CC(=O)C(C(C)C)=C/C1=C(\c1cc(C(C)C)c(OP(=O)([O-])[O-])cc1C)c1ccccc1C(=O)O.O.[Na+].[Na+]. The summed E-state index contributed by atoms with van der Waals surface area (Å²) in [5, 5.41) is 9.96. The number of hydrogen-bond acceptors (Lipinski definition) is 6. The third kappa shape index (κ3) is 8.85. The monoisotopic (exact) mass is 572 g/mol. The second kappa shape index (κ2) is 15.1. The number of ketones is 1. The van der Waals surface area contributed by atoms with Gasteiger partial charge in [-0.15, -0.1) is 0 Å². The summed E-state index contributed by atoms with van der Waals surface area (Å²) >= 11 is 0. The Bertz CT molecular complexity index is 1380. The second-order valence-corrected chi connectivity index (χ2v) is 10.6. The summed E-state index contributed by atoms with van der Waals surface area (Å²) in [7, 11) is -5.30. The molecule has 0 aliphatic heterocycles. The number of aryl methyl sites for hydroxylation is 1. The largest absolute Gasteiger partial charge is 1.00 e. The molecule has 11 heteroatoms. The number of allylic oxidation sites excluding steroid dienone is 5. The molecule has 0 amide bonds. The Balaban J connectivity index is 0.00000481. The van der Waals surface area contributed by atoms with Crippen molar-refractivity contribution in [2.24, 2.45) is 5.92 Å². The van der Waals surface area contributed by atoms with E-state index in [2.05, 4.69) is 0 Å². The maximum Gasteiger partial charge on any atom is 1.00 e. The summed E-state index contributed by atoms with van der Waals surface area (Å²) < 4.78 is 16.2. The Hall–Kier alpha value is -1.29. The first kappa shape index (κ1) is 37.7. The molecular formula is C28H31Na2O8P. The van der Waals surface area contributed by atoms with Crippen LogP contribution < -0.4 is 73.4 Å². The number of benzene rings is 2. The zero-order valence-electron chi connectivity index (χ0n) is 23.6. The van der Waals surface area contributed by atoms with Crippen molar-refractivity contribution in [3.63, 3.8) is 0 Å². The Kier molecular flexibility index (Phi) is 14.6. The van der Waals surface area contributed by atoms with Gasteiger partial charge in [0, 0.05) is 5.57 Å². The molecule has 8 nitrogen and oxygen atoms in total. The molecule has 1 aliphatic rings. The number of aromatic carboxylic acids is 1. The summed E-state index contributed by atoms with van der Waals surface area (Å²) in [6.45, 7) is 11.0. The molecule has 0 atom stereocenters. The van der Waals surface area contributed by atoms with Gasteiger partial charge in [-0.1, -0.05) is 45.9 Å². The second-order valence-electron chi connectivity index (χ2n) is 9.48. The fourth-order valence-electron chi connectivity index (χ4n) is 4.36. The molecule has 198 valence electrons. The molecule has 0 unspecified atom stereocenters. The molecule has 3 N–H and O–H groups in total. The van der Waals surface area contributed by atoms with Crippen molar-refractivity contribution in [1.82, 2.24) is 0 Å². The molecule has 0 aromatic heterocycles. The van der Waals surface area contributed by atoms with E-state index in [4.69, 9.17) is 4.52 Å². The topological polar surface area (TPSA) is 158 Å². The fourth-order valence-corrected chi connectivity index (χ4v) is 4.76. The summed E-state index contributed by atoms with van der Waals surface area (Å²) in [5.74, 6) is -1.52. The average Bonchev–Trinajstić information content (AvgIpc) is 2.75. The van der Waals surface area contributed by atoms with Crippen LogP contribution in [0.1, 0.15) is 73.1 Å². The Labute approximate surface area is 273 Å². The molecule has 0 bridgehead atoms. The smallest absolute Gasteiger partial charge is 0.780 e. The molecule has 0 spiro atoms. The molecule has 0 heterocycles. The predicted molar refractivity (Wildman–Crippen MR) is 138 cm³/mol. The van der Waals surface area contributed by atoms with E-state index in [0.717, 1.165) is 0 Å². The van der Waals surface area contributed by atoms with Gasteiger partial charge in [-0.25, -0.2) is 4.79 Å². The molecule has 2 aromatic rings. The molecule has 2 aromatic carbocycles. The first-order chi connectivity index (χ1) is 16.7. The van der Waals surface area contributed by atoms with Gasteiger partial charge in [0.15, 0.2) is 5.78 Å². The number of phosphoric acid groups is 1. The standard InChI is InChI=1S/C28H31O7P.2Na.H2O/c1-15(2)21-13-23(17(5)11-25(21)29)27(19-9-7-8-10-20(19)28(30)31)24-14-22(16(3)4)26(12-18(24)6)35-36(32,33)34;;;/h7-16H,1-6H3,(H,30,31)(H2,32,33,34);;;1H2/q;2*+1;/p-2/b27-23+;;;. The van der Waals surface area contributed by atoms with E-state index in [-0.39, 0.29) is 93.5 Å². The van der Waals surface area contributed by atoms with Gasteiger partial charge in [0.2, 0.25) is 0 Å². The van der Waals surface area contributed by atoms with Gasteiger partial charge in [-0.3, -0.25) is 4.79 Å². The third-order valence-electron chi connectivity index (χ3n) is 6.13. The number of carbonyl (C=O) groups is 2. The number of phosphoric ester groups is 1. The van der Waals surface area contributed by atoms with E-state index < -0.39 is 13.8 Å². The van der Waals surface area contributed by atoms with Crippen molar-refractivity contribution >= 4 is 25.1 Å². The van der Waals surface area contributed by atoms with Crippen LogP contribution in [0, 0.1) is 12.8 Å². The number of hydrogen-bond donors (Lipinski definition) is 1. The zero-order valence-corrected chi connectivity index (χ0v) is 28.5. The van der Waals surface area contributed by atoms with Crippen LogP contribution in [0.25, 0.3) is 5.57 Å². The van der Waals surface area contributed by atoms with Crippen molar-refractivity contribution < 1.29 is 98.2 Å². The first-order valence-electron chi connectivity index (χ1n) is 11.6. The molecule has 39 heavy (non-hydrogen) atoms. The summed E-state index contributed by atoms with van der Waals surface area (Å²) in [4.78, 5) is 47.7. The van der Waals surface area contributed by atoms with E-state index in [1.165, 1.54) is 12.1 Å². The van der Waals surface area contributed by atoms with Crippen LogP contribution in [0.2, 0.25) is 0 Å². The molecule has 0 saturated carbocycles. The minimum atomic E-state index is -5.30. The number of carbonyl (C=O) groups excluding carboxylic acids is 1. The van der Waals surface area contributed by atoms with Gasteiger partial charge < -0.3 is 29.5 Å². The van der Waals surface area contributed by atoms with Gasteiger partial charge in [0.1, 0.15) is 13.6 Å². The predicted octanol–water partition coefficient (Wildman–Crippen LogP) is -1.88. The summed E-state index contributed by atoms with van der Waals surface area (Å²) in [6.07, 6.45) is 3.36. The number of carboxylic acid groups (broad SMARTS) is 1. The molecule has 1 aliphatic carbocycles. The molecule has 3 rings (SSSR count). The average molecular weight is 573 g/mol. The quantitative estimate of drug-likeness (QED) is 0.301. The summed E-state index contributed by atoms with van der Waals surface area (Å²) in [5.41, 5.74) is 4.79. The van der Waals surface area contributed by atoms with Crippen LogP contribution in [-0.2, 0) is 9.36 Å². The van der Waals surface area contributed by atoms with Crippen molar-refractivity contribution in [3.05, 3.63) is 93.1 Å². The van der Waals surface area contributed by atoms with Crippen molar-refractivity contribution in [1.29, 1.82) is 0 Å². The maximum absolute atomic E-state index is 12.7. The van der Waals surface area contributed by atoms with E-state index >= 15 is 0 Å². The molecule has 0 fully saturated rings. The Morgan fingerprint density at radius 1 is 0.923 bits per heavy atom. The molecular weight excluding hydrogens is 541 g/mol. The van der Waals surface area contributed by atoms with Crippen LogP contribution in [-0.4, -0.2) is 22.3 Å². The molecule has 0 saturated heterocycles. The van der Waals surface area contributed by atoms with Gasteiger partial charge in [0.25, 0.3) is 0 Å². The number of rotatable bonds is 7. The van der Waals surface area contributed by atoms with Crippen molar-refractivity contribution in [3.8, 4) is 5.75 Å². The minimum absolute atomic E-state index is 0. The van der Waals surface area contributed by atoms with Crippen LogP contribution in [0.4, 0.5) is 0 Å². The summed E-state index contributed by atoms with van der Waals surface area (Å²) in [6, 6.07) is 9.82. The van der Waals surface area contributed by atoms with E-state index in [1.54, 1.807) is 50.3 Å². The van der Waals surface area contributed by atoms with E-state index in [0.29, 0.717) is 44.5 Å². The normalized spacial score (nSPS) is 14.5. The van der Waals surface area contributed by atoms with Gasteiger partial charge in [-0.05, 0) is 95.0 Å². The van der Waals surface area contributed by atoms with Crippen molar-refractivity contribution in [2.45, 2.75) is 47.5 Å². The maximum atomic E-state index is 12.7. The molecule has 0 radical (unpaired) electrons. The Morgan fingerprint density at radius 3 is 1.97 bits per heavy atom. The fraction of sp³-hybridized carbons (Fsp3) is 0.286. The Morgan fingerprint density at radius 2 is 1.49 bits per heavy atom.